The molecule has 1 aromatic heterocycles. The first kappa shape index (κ1) is 10.7. The second-order valence-electron chi connectivity index (χ2n) is 3.70. The Kier molecular flexibility index (Phi) is 2.64. The third-order valence-corrected chi connectivity index (χ3v) is 2.69. The number of aliphatic imine (C=N–C) groups is 1. The van der Waals surface area contributed by atoms with Crippen molar-refractivity contribution in [2.45, 2.75) is 19.9 Å². The number of hydrogen-bond donors (Lipinski definition) is 2. The van der Waals surface area contributed by atoms with Crippen LogP contribution in [0, 0.1) is 6.92 Å². The van der Waals surface area contributed by atoms with Crippen LogP contribution in [0.1, 0.15) is 24.2 Å². The highest BCUT2D eigenvalue weighted by atomic mass is 16.2. The number of carbonyl (C=O) groups is 1. The predicted octanol–water partition coefficient (Wildman–Crippen LogP) is -0.135. The molecule has 1 saturated heterocycles. The molecule has 6 heteroatoms. The molecule has 1 atom stereocenters. The average molecular weight is 221 g/mol. The van der Waals surface area contributed by atoms with Crippen LogP contribution < -0.4 is 10.6 Å². The molecule has 2 N–H and O–H groups in total. The maximum absolute atomic E-state index is 11.7. The van der Waals surface area contributed by atoms with E-state index in [1.165, 1.54) is 0 Å². The van der Waals surface area contributed by atoms with Crippen LogP contribution in [0.15, 0.2) is 11.2 Å². The number of hydrogen-bond acceptors (Lipinski definition) is 3. The van der Waals surface area contributed by atoms with Gasteiger partial charge in [-0.25, -0.2) is 0 Å². The van der Waals surface area contributed by atoms with E-state index in [0.29, 0.717) is 12.5 Å². The zero-order valence-electron chi connectivity index (χ0n) is 9.61. The van der Waals surface area contributed by atoms with Crippen LogP contribution in [0.5, 0.6) is 0 Å². The molecule has 0 aliphatic carbocycles. The molecule has 0 radical (unpaired) electrons. The Bertz CT molecular complexity index is 448. The Labute approximate surface area is 93.7 Å². The zero-order valence-corrected chi connectivity index (χ0v) is 9.61. The summed E-state index contributed by atoms with van der Waals surface area (Å²) in [6, 6.07) is -0.376. The van der Waals surface area contributed by atoms with E-state index in [-0.39, 0.29) is 11.9 Å². The number of amides is 1. The molecule has 0 saturated carbocycles. The monoisotopic (exact) mass is 221 g/mol. The van der Waals surface area contributed by atoms with Gasteiger partial charge < -0.3 is 5.32 Å². The van der Waals surface area contributed by atoms with Crippen molar-refractivity contribution in [3.63, 3.8) is 0 Å². The molecule has 1 aliphatic heterocycles. The molecule has 1 fully saturated rings. The van der Waals surface area contributed by atoms with E-state index in [2.05, 4.69) is 20.7 Å². The highest BCUT2D eigenvalue weighted by Gasteiger charge is 2.31. The summed E-state index contributed by atoms with van der Waals surface area (Å²) in [4.78, 5) is 15.9. The van der Waals surface area contributed by atoms with Crippen LogP contribution in [-0.4, -0.2) is 28.2 Å². The van der Waals surface area contributed by atoms with Crippen molar-refractivity contribution in [2.75, 3.05) is 6.54 Å². The van der Waals surface area contributed by atoms with Crippen LogP contribution in [0.25, 0.3) is 0 Å². The summed E-state index contributed by atoms with van der Waals surface area (Å²) in [7, 11) is 1.85. The van der Waals surface area contributed by atoms with Gasteiger partial charge in [0.25, 0.3) is 5.91 Å². The van der Waals surface area contributed by atoms with Crippen LogP contribution in [0.4, 0.5) is 0 Å². The molecular weight excluding hydrogens is 206 g/mol. The van der Waals surface area contributed by atoms with Gasteiger partial charge in [0, 0.05) is 24.8 Å². The third-order valence-electron chi connectivity index (χ3n) is 2.69. The molecule has 16 heavy (non-hydrogen) atoms. The minimum atomic E-state index is -0.376. The fraction of sp³-hybridized carbons (Fsp3) is 0.500. The van der Waals surface area contributed by atoms with Gasteiger partial charge in [0.05, 0.1) is 6.20 Å². The summed E-state index contributed by atoms with van der Waals surface area (Å²) >= 11 is 0. The second-order valence-corrected chi connectivity index (χ2v) is 3.70. The van der Waals surface area contributed by atoms with Crippen molar-refractivity contribution in [3.05, 3.63) is 17.5 Å². The number of carbonyl (C=O) groups excluding carboxylic acids is 1. The molecular formula is C10H15N5O. The third kappa shape index (κ3) is 1.66. The molecule has 1 unspecified atom stereocenters. The van der Waals surface area contributed by atoms with Crippen LogP contribution >= 0.6 is 0 Å². The minimum Gasteiger partial charge on any atom is -0.340 e. The normalized spacial score (nSPS) is 22.3. The lowest BCUT2D eigenvalue weighted by Crippen LogP contribution is -2.25. The van der Waals surface area contributed by atoms with Crippen LogP contribution in [-0.2, 0) is 11.8 Å². The van der Waals surface area contributed by atoms with Gasteiger partial charge >= 0.3 is 0 Å². The number of rotatable bonds is 2. The summed E-state index contributed by atoms with van der Waals surface area (Å²) in [5.41, 5.74) is 1.87. The summed E-state index contributed by atoms with van der Waals surface area (Å²) in [5.74, 6) is 0.462. The van der Waals surface area contributed by atoms with Gasteiger partial charge in [0.1, 0.15) is 6.04 Å². The van der Waals surface area contributed by atoms with Crippen molar-refractivity contribution >= 4 is 11.9 Å². The summed E-state index contributed by atoms with van der Waals surface area (Å²) in [6.07, 6.45) is 1.71. The predicted molar refractivity (Wildman–Crippen MR) is 59.9 cm³/mol. The molecule has 86 valence electrons. The smallest absolute Gasteiger partial charge is 0.254 e. The fourth-order valence-electron chi connectivity index (χ4n) is 1.69. The van der Waals surface area contributed by atoms with Crippen molar-refractivity contribution in [1.29, 1.82) is 0 Å². The van der Waals surface area contributed by atoms with Gasteiger partial charge in [-0.05, 0) is 13.8 Å². The van der Waals surface area contributed by atoms with Crippen LogP contribution in [0.3, 0.4) is 0 Å². The van der Waals surface area contributed by atoms with Gasteiger partial charge in [-0.15, -0.1) is 0 Å². The van der Waals surface area contributed by atoms with E-state index >= 15 is 0 Å². The van der Waals surface area contributed by atoms with E-state index in [0.717, 1.165) is 11.3 Å². The minimum absolute atomic E-state index is 0.0803. The molecule has 2 rings (SSSR count). The Hall–Kier alpha value is -1.85. The number of nitrogens with zero attached hydrogens (tertiary/aromatic N) is 3. The van der Waals surface area contributed by atoms with E-state index in [9.17, 15) is 4.79 Å². The SMILES string of the molecule is CCN=C1NC(=O)C(c2cnn(C)c2C)N1. The van der Waals surface area contributed by atoms with E-state index in [1.54, 1.807) is 10.9 Å². The molecule has 1 amide bonds. The Morgan fingerprint density at radius 2 is 2.38 bits per heavy atom. The Morgan fingerprint density at radius 1 is 1.62 bits per heavy atom. The summed E-state index contributed by atoms with van der Waals surface area (Å²) in [5, 5.41) is 9.87. The topological polar surface area (TPSA) is 71.3 Å². The molecule has 0 bridgehead atoms. The van der Waals surface area contributed by atoms with Gasteiger partial charge in [0.15, 0.2) is 5.96 Å². The molecule has 1 aliphatic rings. The highest BCUT2D eigenvalue weighted by molar-refractivity contribution is 6.06. The van der Waals surface area contributed by atoms with Gasteiger partial charge in [0.2, 0.25) is 0 Å². The van der Waals surface area contributed by atoms with Crippen LogP contribution in [0.2, 0.25) is 0 Å². The lowest BCUT2D eigenvalue weighted by Gasteiger charge is -2.06. The molecule has 6 nitrogen and oxygen atoms in total. The Morgan fingerprint density at radius 3 is 2.94 bits per heavy atom. The molecule has 2 heterocycles. The van der Waals surface area contributed by atoms with E-state index < -0.39 is 0 Å². The summed E-state index contributed by atoms with van der Waals surface area (Å²) < 4.78 is 1.75. The first-order valence-electron chi connectivity index (χ1n) is 5.23. The molecule has 0 aromatic carbocycles. The molecule has 1 aromatic rings. The number of aryl methyl sites for hydroxylation is 1. The number of aromatic nitrogens is 2. The van der Waals surface area contributed by atoms with Crippen molar-refractivity contribution < 1.29 is 4.79 Å². The molecule has 0 spiro atoms. The Balaban J connectivity index is 2.27. The van der Waals surface area contributed by atoms with Crippen molar-refractivity contribution in [2.24, 2.45) is 12.0 Å². The van der Waals surface area contributed by atoms with E-state index in [1.807, 2.05) is 20.9 Å². The van der Waals surface area contributed by atoms with Gasteiger partial charge in [-0.3, -0.25) is 19.8 Å². The fourth-order valence-corrected chi connectivity index (χ4v) is 1.69. The van der Waals surface area contributed by atoms with Crippen molar-refractivity contribution in [1.82, 2.24) is 20.4 Å². The highest BCUT2D eigenvalue weighted by Crippen LogP contribution is 2.19. The van der Waals surface area contributed by atoms with Gasteiger partial charge in [-0.1, -0.05) is 0 Å². The maximum Gasteiger partial charge on any atom is 0.254 e. The maximum atomic E-state index is 11.7. The zero-order chi connectivity index (χ0) is 11.7. The standard InChI is InChI=1S/C10H15N5O/c1-4-11-10-13-8(9(16)14-10)7-5-12-15(3)6(7)2/h5,8H,4H2,1-3H3,(H2,11,13,14,16). The number of nitrogens with one attached hydrogen (secondary N) is 2. The number of guanidine groups is 1. The largest absolute Gasteiger partial charge is 0.340 e. The average Bonchev–Trinajstić information content (AvgIpc) is 2.74. The van der Waals surface area contributed by atoms with Crippen molar-refractivity contribution in [3.8, 4) is 0 Å². The second kappa shape index (κ2) is 3.96. The lowest BCUT2D eigenvalue weighted by molar-refractivity contribution is -0.120. The first-order chi connectivity index (χ1) is 7.63. The van der Waals surface area contributed by atoms with Gasteiger partial charge in [-0.2, -0.15) is 5.10 Å². The lowest BCUT2D eigenvalue weighted by atomic mass is 10.1. The summed E-state index contributed by atoms with van der Waals surface area (Å²) in [6.45, 7) is 4.50. The van der Waals surface area contributed by atoms with E-state index in [4.69, 9.17) is 0 Å². The quantitative estimate of drug-likeness (QED) is 0.730. The first-order valence-corrected chi connectivity index (χ1v) is 5.23.